The molecular weight excluding hydrogens is 414 g/mol. The zero-order valence-corrected chi connectivity index (χ0v) is 18.6. The molecule has 33 heavy (non-hydrogen) atoms. The van der Waals surface area contributed by atoms with E-state index in [1.807, 2.05) is 97.9 Å². The summed E-state index contributed by atoms with van der Waals surface area (Å²) in [5.41, 5.74) is 1.87. The average Bonchev–Trinajstić information content (AvgIpc) is 3.18. The molecule has 0 aliphatic carbocycles. The molecular formula is C27H27N3O3. The molecule has 0 bridgehead atoms. The number of cyclic esters (lactones) is 1. The Morgan fingerprint density at radius 1 is 0.909 bits per heavy atom. The maximum Gasteiger partial charge on any atom is 0.411 e. The fourth-order valence-electron chi connectivity index (χ4n) is 4.94. The van der Waals surface area contributed by atoms with E-state index in [1.165, 1.54) is 0 Å². The molecule has 0 spiro atoms. The van der Waals surface area contributed by atoms with Crippen molar-refractivity contribution in [2.24, 2.45) is 0 Å². The zero-order valence-electron chi connectivity index (χ0n) is 18.6. The highest BCUT2D eigenvalue weighted by molar-refractivity contribution is 5.77. The summed E-state index contributed by atoms with van der Waals surface area (Å²) in [5.74, 6) is 0. The van der Waals surface area contributed by atoms with E-state index in [-0.39, 0.29) is 24.2 Å². The molecule has 2 saturated heterocycles. The molecule has 2 unspecified atom stereocenters. The summed E-state index contributed by atoms with van der Waals surface area (Å²) >= 11 is 0. The third kappa shape index (κ3) is 3.71. The van der Waals surface area contributed by atoms with Crippen LogP contribution in [0.5, 0.6) is 0 Å². The van der Waals surface area contributed by atoms with Crippen LogP contribution in [0.4, 0.5) is 9.59 Å². The summed E-state index contributed by atoms with van der Waals surface area (Å²) in [5, 5.41) is 3.11. The van der Waals surface area contributed by atoms with Crippen LogP contribution >= 0.6 is 0 Å². The topological polar surface area (TPSA) is 61.9 Å². The quantitative estimate of drug-likeness (QED) is 0.647. The molecule has 0 radical (unpaired) electrons. The highest BCUT2D eigenvalue weighted by atomic mass is 16.6. The van der Waals surface area contributed by atoms with Crippen LogP contribution in [0, 0.1) is 0 Å². The number of hydrogen-bond donors (Lipinski definition) is 1. The normalized spacial score (nSPS) is 20.0. The van der Waals surface area contributed by atoms with Crippen LogP contribution in [0.1, 0.15) is 29.7 Å². The molecule has 2 fully saturated rings. The lowest BCUT2D eigenvalue weighted by Gasteiger charge is -2.42. The summed E-state index contributed by atoms with van der Waals surface area (Å²) in [6.45, 7) is 3.24. The number of ether oxygens (including phenoxy) is 1. The first kappa shape index (κ1) is 21.1. The summed E-state index contributed by atoms with van der Waals surface area (Å²) in [6.07, 6.45) is -0.342. The van der Waals surface area contributed by atoms with E-state index >= 15 is 0 Å². The third-order valence-electron chi connectivity index (χ3n) is 6.66. The number of urea groups is 1. The highest BCUT2D eigenvalue weighted by Crippen LogP contribution is 2.45. The van der Waals surface area contributed by atoms with Gasteiger partial charge in [-0.2, -0.15) is 0 Å². The number of nitrogens with zero attached hydrogens (tertiary/aromatic N) is 2. The Kier molecular flexibility index (Phi) is 5.50. The largest absolute Gasteiger partial charge is 0.431 e. The van der Waals surface area contributed by atoms with E-state index in [2.05, 4.69) is 5.32 Å². The van der Waals surface area contributed by atoms with Crippen LogP contribution in [0.25, 0.3) is 0 Å². The van der Waals surface area contributed by atoms with Crippen molar-refractivity contribution in [3.8, 4) is 0 Å². The van der Waals surface area contributed by atoms with Gasteiger partial charge in [0.25, 0.3) is 0 Å². The van der Waals surface area contributed by atoms with Gasteiger partial charge in [-0.1, -0.05) is 91.0 Å². The molecule has 6 heteroatoms. The van der Waals surface area contributed by atoms with Crippen molar-refractivity contribution in [1.82, 2.24) is 15.1 Å². The highest BCUT2D eigenvalue weighted by Gasteiger charge is 2.58. The number of carbonyl (C=O) groups is 2. The molecule has 5 rings (SSSR count). The van der Waals surface area contributed by atoms with Gasteiger partial charge < -0.3 is 15.0 Å². The molecule has 2 atom stereocenters. The summed E-state index contributed by atoms with van der Waals surface area (Å²) in [4.78, 5) is 29.8. The summed E-state index contributed by atoms with van der Waals surface area (Å²) in [7, 11) is 0. The van der Waals surface area contributed by atoms with Crippen molar-refractivity contribution < 1.29 is 14.3 Å². The fraction of sp³-hybridized carbons (Fsp3) is 0.259. The molecule has 0 saturated carbocycles. The van der Waals surface area contributed by atoms with Crippen molar-refractivity contribution in [1.29, 1.82) is 0 Å². The number of benzene rings is 3. The van der Waals surface area contributed by atoms with Crippen LogP contribution in [0.15, 0.2) is 91.0 Å². The molecule has 2 heterocycles. The lowest BCUT2D eigenvalue weighted by atomic mass is 9.79. The first-order valence-electron chi connectivity index (χ1n) is 11.3. The number of nitrogens with one attached hydrogen (secondary N) is 1. The number of hydrogen-bond acceptors (Lipinski definition) is 3. The summed E-state index contributed by atoms with van der Waals surface area (Å²) in [6, 6.07) is 28.9. The third-order valence-corrected chi connectivity index (χ3v) is 6.66. The van der Waals surface area contributed by atoms with Crippen LogP contribution in [-0.2, 0) is 10.3 Å². The van der Waals surface area contributed by atoms with Gasteiger partial charge in [0, 0.05) is 30.8 Å². The minimum absolute atomic E-state index is 0.119. The van der Waals surface area contributed by atoms with Gasteiger partial charge in [0.15, 0.2) is 5.60 Å². The molecule has 1 N–H and O–H groups in total. The van der Waals surface area contributed by atoms with E-state index in [9.17, 15) is 9.59 Å². The van der Waals surface area contributed by atoms with Crippen LogP contribution < -0.4 is 5.32 Å². The van der Waals surface area contributed by atoms with Gasteiger partial charge in [0.1, 0.15) is 6.04 Å². The van der Waals surface area contributed by atoms with E-state index in [1.54, 1.807) is 9.80 Å². The maximum absolute atomic E-state index is 13.2. The van der Waals surface area contributed by atoms with Gasteiger partial charge >= 0.3 is 12.1 Å². The summed E-state index contributed by atoms with van der Waals surface area (Å²) < 4.78 is 6.18. The molecule has 168 valence electrons. The van der Waals surface area contributed by atoms with E-state index in [4.69, 9.17) is 4.74 Å². The van der Waals surface area contributed by atoms with Gasteiger partial charge in [-0.3, -0.25) is 4.90 Å². The van der Waals surface area contributed by atoms with Crippen molar-refractivity contribution in [3.05, 3.63) is 108 Å². The molecule has 0 aromatic heterocycles. The van der Waals surface area contributed by atoms with Gasteiger partial charge in [-0.15, -0.1) is 0 Å². The second-order valence-electron chi connectivity index (χ2n) is 8.57. The molecule has 3 aromatic carbocycles. The zero-order chi connectivity index (χ0) is 22.8. The Labute approximate surface area is 193 Å². The Bertz CT molecular complexity index is 1080. The first-order chi connectivity index (χ1) is 16.1. The van der Waals surface area contributed by atoms with Crippen molar-refractivity contribution in [2.75, 3.05) is 19.6 Å². The van der Waals surface area contributed by atoms with Crippen molar-refractivity contribution in [2.45, 2.75) is 24.6 Å². The van der Waals surface area contributed by atoms with Crippen LogP contribution in [0.2, 0.25) is 0 Å². The number of carbonyl (C=O) groups excluding carboxylic acids is 2. The standard InChI is InChI=1S/C27H27N3O3/c1-20(21-11-5-2-6-12-21)28-25(31)29-17-18-30-24(19-29)27(33-26(30)32,22-13-7-3-8-14-22)23-15-9-4-10-16-23/h2-16,20,24H,17-19H2,1H3,(H,28,31). The monoisotopic (exact) mass is 441 g/mol. The Morgan fingerprint density at radius 2 is 1.45 bits per heavy atom. The predicted octanol–water partition coefficient (Wildman–Crippen LogP) is 4.54. The second-order valence-corrected chi connectivity index (χ2v) is 8.57. The first-order valence-corrected chi connectivity index (χ1v) is 11.3. The minimum Gasteiger partial charge on any atom is -0.431 e. The van der Waals surface area contributed by atoms with Crippen molar-refractivity contribution >= 4 is 12.1 Å². The number of amides is 3. The lowest BCUT2D eigenvalue weighted by Crippen LogP contribution is -2.60. The Hall–Kier alpha value is -3.80. The average molecular weight is 442 g/mol. The SMILES string of the molecule is CC(NC(=O)N1CCN2C(=O)OC(c3ccccc3)(c3ccccc3)C2C1)c1ccccc1. The Balaban J connectivity index is 1.46. The number of rotatable bonds is 4. The number of fused-ring (bicyclic) bond motifs is 1. The van der Waals surface area contributed by atoms with Crippen LogP contribution in [-0.4, -0.2) is 47.6 Å². The van der Waals surface area contributed by atoms with Crippen molar-refractivity contribution in [3.63, 3.8) is 0 Å². The van der Waals surface area contributed by atoms with Gasteiger partial charge in [-0.25, -0.2) is 9.59 Å². The Morgan fingerprint density at radius 3 is 2.03 bits per heavy atom. The lowest BCUT2D eigenvalue weighted by molar-refractivity contribution is 0.0509. The molecule has 2 aliphatic heterocycles. The van der Waals surface area contributed by atoms with E-state index < -0.39 is 5.60 Å². The molecule has 2 aliphatic rings. The smallest absolute Gasteiger partial charge is 0.411 e. The molecule has 3 amide bonds. The maximum atomic E-state index is 13.2. The predicted molar refractivity (Wildman–Crippen MR) is 126 cm³/mol. The van der Waals surface area contributed by atoms with Gasteiger partial charge in [0.05, 0.1) is 6.04 Å². The van der Waals surface area contributed by atoms with Gasteiger partial charge in [0.2, 0.25) is 0 Å². The van der Waals surface area contributed by atoms with E-state index in [0.717, 1.165) is 16.7 Å². The van der Waals surface area contributed by atoms with Gasteiger partial charge in [-0.05, 0) is 12.5 Å². The van der Waals surface area contributed by atoms with E-state index in [0.29, 0.717) is 19.6 Å². The second kappa shape index (κ2) is 8.62. The fourth-order valence-corrected chi connectivity index (χ4v) is 4.94. The van der Waals surface area contributed by atoms with Crippen LogP contribution in [0.3, 0.4) is 0 Å². The number of piperazine rings is 1. The molecule has 6 nitrogen and oxygen atoms in total. The molecule has 3 aromatic rings. The minimum atomic E-state index is -0.983.